The van der Waals surface area contributed by atoms with Crippen LogP contribution in [-0.2, 0) is 17.6 Å². The number of anilines is 1. The summed E-state index contributed by atoms with van der Waals surface area (Å²) in [5, 5.41) is 20.5. The quantitative estimate of drug-likeness (QED) is 0.689. The molecule has 1 aromatic heterocycles. The number of fused-ring (bicyclic) bond motifs is 4. The number of amidine groups is 1. The maximum absolute atomic E-state index is 12.7. The molecule has 0 bridgehead atoms. The first-order valence-electron chi connectivity index (χ1n) is 10.2. The van der Waals surface area contributed by atoms with Crippen molar-refractivity contribution in [1.29, 1.82) is 5.26 Å². The number of benzene rings is 1. The Labute approximate surface area is 183 Å². The van der Waals surface area contributed by atoms with Crippen molar-refractivity contribution in [3.8, 4) is 6.07 Å². The zero-order chi connectivity index (χ0) is 20.5. The number of nitrogens with zero attached hydrogens (tertiary/aromatic N) is 4. The van der Waals surface area contributed by atoms with Crippen LogP contribution in [0.25, 0.3) is 0 Å². The lowest BCUT2D eigenvalue weighted by Gasteiger charge is -2.29. The van der Waals surface area contributed by atoms with Gasteiger partial charge in [0.25, 0.3) is 0 Å². The SMILES string of the molecule is N#Cc1c(NC(=O)CSC2=Nc3ccccc3[C@@H]3CC=NN23)sc2c1CCCCC2. The molecular formula is C22H21N5OS2. The van der Waals surface area contributed by atoms with Crippen molar-refractivity contribution in [3.05, 3.63) is 45.8 Å². The molecule has 3 aliphatic rings. The predicted molar refractivity (Wildman–Crippen MR) is 123 cm³/mol. The molecule has 0 unspecified atom stereocenters. The summed E-state index contributed by atoms with van der Waals surface area (Å²) in [5.41, 5.74) is 3.91. The molecular weight excluding hydrogens is 414 g/mol. The van der Waals surface area contributed by atoms with E-state index in [-0.39, 0.29) is 17.7 Å². The molecule has 2 aliphatic heterocycles. The number of amides is 1. The largest absolute Gasteiger partial charge is 0.316 e. The van der Waals surface area contributed by atoms with Crippen molar-refractivity contribution >= 4 is 51.1 Å². The average molecular weight is 436 g/mol. The van der Waals surface area contributed by atoms with E-state index in [9.17, 15) is 10.1 Å². The number of nitrogens with one attached hydrogen (secondary N) is 1. The Morgan fingerprint density at radius 2 is 2.17 bits per heavy atom. The van der Waals surface area contributed by atoms with E-state index in [1.807, 2.05) is 29.4 Å². The Balaban J connectivity index is 1.30. The van der Waals surface area contributed by atoms with Crippen LogP contribution in [0.4, 0.5) is 10.7 Å². The van der Waals surface area contributed by atoms with Gasteiger partial charge in [-0.15, -0.1) is 11.3 Å². The van der Waals surface area contributed by atoms with Crippen molar-refractivity contribution in [2.75, 3.05) is 11.1 Å². The number of hydrogen-bond acceptors (Lipinski definition) is 7. The van der Waals surface area contributed by atoms with E-state index in [1.165, 1.54) is 28.6 Å². The van der Waals surface area contributed by atoms with Crippen molar-refractivity contribution in [1.82, 2.24) is 5.01 Å². The average Bonchev–Trinajstić information content (AvgIpc) is 3.31. The van der Waals surface area contributed by atoms with Crippen LogP contribution in [-0.4, -0.2) is 28.1 Å². The third-order valence-corrected chi connectivity index (χ3v) is 7.81. The Kier molecular flexibility index (Phi) is 5.32. The van der Waals surface area contributed by atoms with E-state index in [0.717, 1.165) is 48.5 Å². The molecule has 3 heterocycles. The van der Waals surface area contributed by atoms with Gasteiger partial charge in [-0.25, -0.2) is 10.0 Å². The molecule has 152 valence electrons. The smallest absolute Gasteiger partial charge is 0.235 e. The van der Waals surface area contributed by atoms with Crippen LogP contribution >= 0.6 is 23.1 Å². The number of hydrogen-bond donors (Lipinski definition) is 1. The third-order valence-electron chi connectivity index (χ3n) is 5.66. The molecule has 5 rings (SSSR count). The second kappa shape index (κ2) is 8.25. The van der Waals surface area contributed by atoms with Gasteiger partial charge in [0.2, 0.25) is 5.91 Å². The summed E-state index contributed by atoms with van der Waals surface area (Å²) in [4.78, 5) is 18.7. The minimum atomic E-state index is -0.116. The minimum absolute atomic E-state index is 0.116. The summed E-state index contributed by atoms with van der Waals surface area (Å²) < 4.78 is 0. The number of aryl methyl sites for hydroxylation is 1. The number of nitriles is 1. The number of para-hydroxylation sites is 1. The van der Waals surface area contributed by atoms with E-state index in [4.69, 9.17) is 4.99 Å². The molecule has 2 aromatic rings. The second-order valence-corrected chi connectivity index (χ2v) is 9.61. The number of rotatable bonds is 3. The maximum atomic E-state index is 12.7. The van der Waals surface area contributed by atoms with E-state index in [2.05, 4.69) is 22.6 Å². The molecule has 30 heavy (non-hydrogen) atoms. The van der Waals surface area contributed by atoms with Crippen LogP contribution < -0.4 is 5.32 Å². The molecule has 8 heteroatoms. The number of aliphatic imine (C=N–C) groups is 1. The molecule has 0 radical (unpaired) electrons. The van der Waals surface area contributed by atoms with Gasteiger partial charge in [-0.05, 0) is 37.3 Å². The van der Waals surface area contributed by atoms with Gasteiger partial charge in [0.05, 0.1) is 23.0 Å². The van der Waals surface area contributed by atoms with Gasteiger partial charge < -0.3 is 5.32 Å². The summed E-state index contributed by atoms with van der Waals surface area (Å²) >= 11 is 2.96. The van der Waals surface area contributed by atoms with E-state index >= 15 is 0 Å². The van der Waals surface area contributed by atoms with Crippen LogP contribution in [0.2, 0.25) is 0 Å². The summed E-state index contributed by atoms with van der Waals surface area (Å²) in [6, 6.07) is 10.6. The monoisotopic (exact) mass is 435 g/mol. The first-order chi connectivity index (χ1) is 14.7. The first kappa shape index (κ1) is 19.3. The predicted octanol–water partition coefficient (Wildman–Crippen LogP) is 4.99. The molecule has 6 nitrogen and oxygen atoms in total. The Bertz CT molecular complexity index is 1100. The molecule has 0 spiro atoms. The standard InChI is InChI=1S/C22H21N5OS2/c23-12-16-14-6-2-1-3-9-19(14)30-21(16)26-20(28)13-29-22-25-17-8-5-4-7-15(17)18-10-11-24-27(18)22/h4-5,7-8,11,18H,1-3,6,9-10,13H2,(H,26,28)/t18-/m0/s1. The fraction of sp³-hybridized carbons (Fsp3) is 0.364. The van der Waals surface area contributed by atoms with Crippen molar-refractivity contribution < 1.29 is 4.79 Å². The highest BCUT2D eigenvalue weighted by Gasteiger charge is 2.32. The van der Waals surface area contributed by atoms with Crippen LogP contribution in [0.5, 0.6) is 0 Å². The Hall–Kier alpha value is -2.63. The van der Waals surface area contributed by atoms with Gasteiger partial charge in [0.1, 0.15) is 11.1 Å². The van der Waals surface area contributed by atoms with Gasteiger partial charge in [0, 0.05) is 23.1 Å². The van der Waals surface area contributed by atoms with E-state index < -0.39 is 0 Å². The second-order valence-electron chi connectivity index (χ2n) is 7.56. The minimum Gasteiger partial charge on any atom is -0.316 e. The lowest BCUT2D eigenvalue weighted by atomic mass is 10.0. The molecule has 1 amide bonds. The summed E-state index contributed by atoms with van der Waals surface area (Å²) in [5.74, 6) is 0.113. The van der Waals surface area contributed by atoms with Crippen LogP contribution in [0.3, 0.4) is 0 Å². The fourth-order valence-electron chi connectivity index (χ4n) is 4.22. The number of carbonyl (C=O) groups is 1. The zero-order valence-electron chi connectivity index (χ0n) is 16.4. The molecule has 0 saturated heterocycles. The molecule has 1 aromatic carbocycles. The highest BCUT2D eigenvalue weighted by Crippen LogP contribution is 2.41. The molecule has 1 aliphatic carbocycles. The topological polar surface area (TPSA) is 80.8 Å². The number of carbonyl (C=O) groups excluding carboxylic acids is 1. The molecule has 0 fully saturated rings. The van der Waals surface area contributed by atoms with E-state index in [1.54, 1.807) is 11.3 Å². The highest BCUT2D eigenvalue weighted by molar-refractivity contribution is 8.14. The lowest BCUT2D eigenvalue weighted by Crippen LogP contribution is -2.29. The van der Waals surface area contributed by atoms with E-state index in [0.29, 0.717) is 10.6 Å². The van der Waals surface area contributed by atoms with Gasteiger partial charge in [-0.3, -0.25) is 4.79 Å². The van der Waals surface area contributed by atoms with Crippen molar-refractivity contribution in [2.24, 2.45) is 10.1 Å². The summed E-state index contributed by atoms with van der Waals surface area (Å²) in [6.45, 7) is 0. The number of thioether (sulfide) groups is 1. The normalized spacial score (nSPS) is 19.2. The molecule has 1 atom stereocenters. The van der Waals surface area contributed by atoms with Crippen LogP contribution in [0, 0.1) is 11.3 Å². The van der Waals surface area contributed by atoms with Crippen molar-refractivity contribution in [3.63, 3.8) is 0 Å². The zero-order valence-corrected chi connectivity index (χ0v) is 18.1. The lowest BCUT2D eigenvalue weighted by molar-refractivity contribution is -0.113. The van der Waals surface area contributed by atoms with Gasteiger partial charge in [-0.1, -0.05) is 36.4 Å². The third kappa shape index (κ3) is 3.53. The Morgan fingerprint density at radius 3 is 3.07 bits per heavy atom. The Morgan fingerprint density at radius 1 is 1.30 bits per heavy atom. The number of thiophene rings is 1. The molecule has 1 N–H and O–H groups in total. The van der Waals surface area contributed by atoms with Gasteiger partial charge in [-0.2, -0.15) is 10.4 Å². The van der Waals surface area contributed by atoms with Crippen LogP contribution in [0.15, 0.2) is 34.4 Å². The van der Waals surface area contributed by atoms with Crippen molar-refractivity contribution in [2.45, 2.75) is 44.6 Å². The van der Waals surface area contributed by atoms with Gasteiger partial charge >= 0.3 is 0 Å². The molecule has 0 saturated carbocycles. The summed E-state index contributed by atoms with van der Waals surface area (Å²) in [7, 11) is 0. The fourth-order valence-corrected chi connectivity index (χ4v) is 6.28. The maximum Gasteiger partial charge on any atom is 0.235 e. The first-order valence-corrected chi connectivity index (χ1v) is 12.0. The van der Waals surface area contributed by atoms with Crippen LogP contribution in [0.1, 0.15) is 53.3 Å². The highest BCUT2D eigenvalue weighted by atomic mass is 32.2. The summed E-state index contributed by atoms with van der Waals surface area (Å²) in [6.07, 6.45) is 8.15. The van der Waals surface area contributed by atoms with Gasteiger partial charge in [0.15, 0.2) is 5.17 Å². The number of hydrazone groups is 1.